The van der Waals surface area contributed by atoms with Gasteiger partial charge in [0.2, 0.25) is 5.91 Å². The predicted molar refractivity (Wildman–Crippen MR) is 123 cm³/mol. The molecule has 2 aromatic carbocycles. The molecule has 1 amide bonds. The minimum Gasteiger partial charge on any atom is -0.493 e. The fraction of sp³-hybridized carbons (Fsp3) is 0.231. The van der Waals surface area contributed by atoms with E-state index in [9.17, 15) is 4.79 Å². The van der Waals surface area contributed by atoms with E-state index in [1.807, 2.05) is 59.3 Å². The average Bonchev–Trinajstić information content (AvgIpc) is 3.25. The van der Waals surface area contributed by atoms with Gasteiger partial charge in [0.1, 0.15) is 12.3 Å². The molecule has 162 valence electrons. The van der Waals surface area contributed by atoms with Crippen molar-refractivity contribution >= 4 is 17.2 Å². The van der Waals surface area contributed by atoms with E-state index in [1.165, 1.54) is 5.56 Å². The van der Waals surface area contributed by atoms with Gasteiger partial charge in [-0.2, -0.15) is 0 Å². The van der Waals surface area contributed by atoms with E-state index in [0.29, 0.717) is 23.8 Å². The molecule has 1 aliphatic carbocycles. The minimum absolute atomic E-state index is 0.00798. The number of rotatable bonds is 6. The maximum absolute atomic E-state index is 13.1. The number of hydrogen-bond donors (Lipinski definition) is 1. The number of amides is 1. The van der Waals surface area contributed by atoms with Gasteiger partial charge >= 0.3 is 0 Å². The molecule has 32 heavy (non-hydrogen) atoms. The normalized spacial score (nSPS) is 15.2. The minimum atomic E-state index is -0.135. The number of aromatic nitrogens is 2. The van der Waals surface area contributed by atoms with Crippen molar-refractivity contribution in [1.82, 2.24) is 9.38 Å². The number of benzene rings is 2. The third-order valence-corrected chi connectivity index (χ3v) is 5.91. The molecule has 6 heteroatoms. The summed E-state index contributed by atoms with van der Waals surface area (Å²) in [6, 6.07) is 19.5. The summed E-state index contributed by atoms with van der Waals surface area (Å²) in [4.78, 5) is 17.6. The van der Waals surface area contributed by atoms with Gasteiger partial charge in [0.25, 0.3) is 0 Å². The van der Waals surface area contributed by atoms with Gasteiger partial charge in [-0.05, 0) is 54.7 Å². The first kappa shape index (κ1) is 20.1. The number of fused-ring (bicyclic) bond motifs is 2. The number of carbonyl (C=O) groups excluding carboxylic acids is 1. The molecule has 0 fully saturated rings. The molecule has 1 unspecified atom stereocenters. The number of pyridine rings is 1. The maximum atomic E-state index is 13.1. The van der Waals surface area contributed by atoms with Gasteiger partial charge in [-0.25, -0.2) is 4.98 Å². The molecule has 2 aromatic heterocycles. The number of anilines is 1. The van der Waals surface area contributed by atoms with Crippen molar-refractivity contribution < 1.29 is 14.3 Å². The van der Waals surface area contributed by atoms with E-state index < -0.39 is 0 Å². The van der Waals surface area contributed by atoms with Crippen LogP contribution in [0, 0.1) is 0 Å². The van der Waals surface area contributed by atoms with Crippen molar-refractivity contribution in [2.24, 2.45) is 0 Å². The quantitative estimate of drug-likeness (QED) is 0.471. The summed E-state index contributed by atoms with van der Waals surface area (Å²) >= 11 is 0. The largest absolute Gasteiger partial charge is 0.493 e. The Morgan fingerprint density at radius 2 is 2.00 bits per heavy atom. The molecule has 1 aliphatic rings. The van der Waals surface area contributed by atoms with Crippen molar-refractivity contribution in [3.8, 4) is 11.5 Å². The van der Waals surface area contributed by atoms with Crippen LogP contribution in [0.25, 0.3) is 5.65 Å². The Morgan fingerprint density at radius 3 is 2.88 bits per heavy atom. The Balaban J connectivity index is 1.32. The van der Waals surface area contributed by atoms with Gasteiger partial charge in [-0.1, -0.05) is 30.3 Å². The second kappa shape index (κ2) is 8.75. The number of imidazole rings is 1. The smallest absolute Gasteiger partial charge is 0.231 e. The molecule has 2 heterocycles. The number of methoxy groups -OCH3 is 1. The summed E-state index contributed by atoms with van der Waals surface area (Å²) in [5, 5.41) is 3.07. The number of ether oxygens (including phenoxy) is 2. The summed E-state index contributed by atoms with van der Waals surface area (Å²) in [5.41, 5.74) is 4.76. The second-order valence-corrected chi connectivity index (χ2v) is 7.99. The average molecular weight is 428 g/mol. The zero-order chi connectivity index (χ0) is 21.9. The van der Waals surface area contributed by atoms with Crippen LogP contribution in [-0.2, 0) is 17.8 Å². The van der Waals surface area contributed by atoms with Gasteiger partial charge in [0.15, 0.2) is 11.5 Å². The highest BCUT2D eigenvalue weighted by Gasteiger charge is 2.26. The molecule has 5 rings (SSSR count). The molecule has 0 radical (unpaired) electrons. The standard InChI is InChI=1S/C26H25N3O3/c1-31-23-13-12-19(28-26(30)22-10-6-8-18-7-2-3-9-21(18)22)15-24(23)32-17-20-16-29-14-5-4-11-25(29)27-20/h2-5,7,9,11-16,22H,6,8,10,17H2,1H3,(H,28,30). The SMILES string of the molecule is COc1ccc(NC(=O)C2CCCc3ccccc32)cc1OCc1cn2ccccc2n1. The highest BCUT2D eigenvalue weighted by Crippen LogP contribution is 2.34. The molecule has 0 saturated carbocycles. The lowest BCUT2D eigenvalue weighted by molar-refractivity contribution is -0.117. The monoisotopic (exact) mass is 427 g/mol. The summed E-state index contributed by atoms with van der Waals surface area (Å²) in [7, 11) is 1.60. The Morgan fingerprint density at radius 1 is 1.12 bits per heavy atom. The first-order valence-corrected chi connectivity index (χ1v) is 10.8. The van der Waals surface area contributed by atoms with Crippen LogP contribution in [0.3, 0.4) is 0 Å². The van der Waals surface area contributed by atoms with Crippen molar-refractivity contribution in [2.45, 2.75) is 31.8 Å². The Kier molecular flexibility index (Phi) is 5.50. The highest BCUT2D eigenvalue weighted by atomic mass is 16.5. The molecule has 0 bridgehead atoms. The number of hydrogen-bond acceptors (Lipinski definition) is 4. The molecule has 1 atom stereocenters. The maximum Gasteiger partial charge on any atom is 0.231 e. The van der Waals surface area contributed by atoms with Crippen LogP contribution in [0.1, 0.15) is 35.6 Å². The van der Waals surface area contributed by atoms with Crippen molar-refractivity contribution in [1.29, 1.82) is 0 Å². The fourth-order valence-electron chi connectivity index (χ4n) is 4.33. The second-order valence-electron chi connectivity index (χ2n) is 7.99. The zero-order valence-corrected chi connectivity index (χ0v) is 18.0. The molecule has 1 N–H and O–H groups in total. The first-order chi connectivity index (χ1) is 15.7. The molecular formula is C26H25N3O3. The van der Waals surface area contributed by atoms with E-state index in [1.54, 1.807) is 13.2 Å². The first-order valence-electron chi connectivity index (χ1n) is 10.8. The molecule has 0 aliphatic heterocycles. The molecular weight excluding hydrogens is 402 g/mol. The lowest BCUT2D eigenvalue weighted by atomic mass is 9.82. The number of nitrogens with one attached hydrogen (secondary N) is 1. The number of aryl methyl sites for hydroxylation is 1. The summed E-state index contributed by atoms with van der Waals surface area (Å²) in [6.45, 7) is 0.297. The molecule has 0 saturated heterocycles. The number of carbonyl (C=O) groups is 1. The van der Waals surface area contributed by atoms with Crippen molar-refractivity contribution in [3.05, 3.63) is 89.9 Å². The third kappa shape index (κ3) is 4.04. The summed E-state index contributed by atoms with van der Waals surface area (Å²) in [6.07, 6.45) is 6.80. The van der Waals surface area contributed by atoms with Crippen molar-refractivity contribution in [3.63, 3.8) is 0 Å². The zero-order valence-electron chi connectivity index (χ0n) is 18.0. The van der Waals surface area contributed by atoms with Crippen LogP contribution in [0.2, 0.25) is 0 Å². The van der Waals surface area contributed by atoms with E-state index in [-0.39, 0.29) is 11.8 Å². The van der Waals surface area contributed by atoms with Gasteiger partial charge < -0.3 is 19.2 Å². The van der Waals surface area contributed by atoms with Gasteiger partial charge in [-0.3, -0.25) is 4.79 Å². The Bertz CT molecular complexity index is 1230. The van der Waals surface area contributed by atoms with Crippen LogP contribution >= 0.6 is 0 Å². The van der Waals surface area contributed by atoms with Crippen LogP contribution < -0.4 is 14.8 Å². The summed E-state index contributed by atoms with van der Waals surface area (Å²) in [5.74, 6) is 1.04. The fourth-order valence-corrected chi connectivity index (χ4v) is 4.33. The van der Waals surface area contributed by atoms with Crippen LogP contribution in [0.5, 0.6) is 11.5 Å². The molecule has 6 nitrogen and oxygen atoms in total. The topological polar surface area (TPSA) is 64.9 Å². The third-order valence-electron chi connectivity index (χ3n) is 5.91. The number of nitrogens with zero attached hydrogens (tertiary/aromatic N) is 2. The van der Waals surface area contributed by atoms with Gasteiger partial charge in [0.05, 0.1) is 18.7 Å². The van der Waals surface area contributed by atoms with E-state index in [4.69, 9.17) is 9.47 Å². The Labute approximate surface area is 186 Å². The van der Waals surface area contributed by atoms with E-state index in [0.717, 1.165) is 36.2 Å². The predicted octanol–water partition coefficient (Wildman–Crippen LogP) is 4.98. The molecule has 4 aromatic rings. The van der Waals surface area contributed by atoms with Crippen LogP contribution in [0.4, 0.5) is 5.69 Å². The van der Waals surface area contributed by atoms with E-state index in [2.05, 4.69) is 22.4 Å². The van der Waals surface area contributed by atoms with Gasteiger partial charge in [0, 0.05) is 24.1 Å². The molecule has 0 spiro atoms. The summed E-state index contributed by atoms with van der Waals surface area (Å²) < 4.78 is 13.4. The Hall–Kier alpha value is -3.80. The van der Waals surface area contributed by atoms with Crippen LogP contribution in [-0.4, -0.2) is 22.4 Å². The van der Waals surface area contributed by atoms with Crippen LogP contribution in [0.15, 0.2) is 73.1 Å². The van der Waals surface area contributed by atoms with E-state index >= 15 is 0 Å². The van der Waals surface area contributed by atoms with Gasteiger partial charge in [-0.15, -0.1) is 0 Å². The lowest BCUT2D eigenvalue weighted by Crippen LogP contribution is -2.24. The van der Waals surface area contributed by atoms with Crippen molar-refractivity contribution in [2.75, 3.05) is 12.4 Å². The highest BCUT2D eigenvalue weighted by molar-refractivity contribution is 5.96. The lowest BCUT2D eigenvalue weighted by Gasteiger charge is -2.24.